The first-order valence-corrected chi connectivity index (χ1v) is 4.85. The largest absolute Gasteiger partial charge is 0.427 e. The predicted molar refractivity (Wildman–Crippen MR) is 52.2 cm³/mol. The molecule has 0 amide bonds. The molecule has 1 N–H and O–H groups in total. The third-order valence-electron chi connectivity index (χ3n) is 2.16. The fourth-order valence-corrected chi connectivity index (χ4v) is 1.64. The molecule has 0 saturated heterocycles. The predicted octanol–water partition coefficient (Wildman–Crippen LogP) is 2.50. The molecule has 3 nitrogen and oxygen atoms in total. The van der Waals surface area contributed by atoms with Crippen molar-refractivity contribution in [2.24, 2.45) is 0 Å². The van der Waals surface area contributed by atoms with E-state index in [4.69, 9.17) is 0 Å². The molecule has 0 spiro atoms. The zero-order chi connectivity index (χ0) is 10.0. The van der Waals surface area contributed by atoms with Crippen molar-refractivity contribution in [1.29, 1.82) is 0 Å². The van der Waals surface area contributed by atoms with Crippen LogP contribution >= 0.6 is 0 Å². The van der Waals surface area contributed by atoms with Gasteiger partial charge in [-0.2, -0.15) is 4.73 Å². The standard InChI is InChI=1S/C10H18N2O/c1-5-6-9-11-8(4)10(7(2)3)12(9)13/h7,13H,5-6H2,1-4H3. The van der Waals surface area contributed by atoms with E-state index in [0.29, 0.717) is 5.92 Å². The number of nitrogens with zero attached hydrogens (tertiary/aromatic N) is 2. The summed E-state index contributed by atoms with van der Waals surface area (Å²) >= 11 is 0. The first-order chi connectivity index (χ1) is 6.07. The topological polar surface area (TPSA) is 38.0 Å². The molecule has 1 heterocycles. The quantitative estimate of drug-likeness (QED) is 0.729. The minimum absolute atomic E-state index is 0.322. The summed E-state index contributed by atoms with van der Waals surface area (Å²) in [5, 5.41) is 9.77. The van der Waals surface area contributed by atoms with Gasteiger partial charge in [0, 0.05) is 6.42 Å². The molecule has 0 atom stereocenters. The molecule has 13 heavy (non-hydrogen) atoms. The van der Waals surface area contributed by atoms with Gasteiger partial charge in [0.15, 0.2) is 0 Å². The third kappa shape index (κ3) is 1.85. The van der Waals surface area contributed by atoms with Gasteiger partial charge >= 0.3 is 0 Å². The van der Waals surface area contributed by atoms with E-state index in [1.165, 1.54) is 4.73 Å². The van der Waals surface area contributed by atoms with Gasteiger partial charge in [-0.3, -0.25) is 0 Å². The summed E-state index contributed by atoms with van der Waals surface area (Å²) in [7, 11) is 0. The van der Waals surface area contributed by atoms with Crippen molar-refractivity contribution < 1.29 is 5.21 Å². The van der Waals surface area contributed by atoms with Crippen molar-refractivity contribution in [2.75, 3.05) is 0 Å². The smallest absolute Gasteiger partial charge is 0.145 e. The van der Waals surface area contributed by atoms with Crippen LogP contribution in [-0.2, 0) is 6.42 Å². The normalized spacial score (nSPS) is 11.2. The van der Waals surface area contributed by atoms with Crippen LogP contribution in [0.4, 0.5) is 0 Å². The summed E-state index contributed by atoms with van der Waals surface area (Å²) in [6.07, 6.45) is 1.85. The molecule has 0 unspecified atom stereocenters. The minimum atomic E-state index is 0.322. The number of aromatic nitrogens is 2. The molecule has 0 aromatic carbocycles. The van der Waals surface area contributed by atoms with Crippen molar-refractivity contribution in [1.82, 2.24) is 9.71 Å². The molecule has 74 valence electrons. The highest BCUT2D eigenvalue weighted by Crippen LogP contribution is 2.19. The van der Waals surface area contributed by atoms with E-state index in [9.17, 15) is 5.21 Å². The van der Waals surface area contributed by atoms with Crippen molar-refractivity contribution in [3.05, 3.63) is 17.2 Å². The van der Waals surface area contributed by atoms with E-state index in [1.807, 2.05) is 6.92 Å². The SMILES string of the molecule is CCCc1nc(C)c(C(C)C)n1O. The zero-order valence-electron chi connectivity index (χ0n) is 8.83. The second kappa shape index (κ2) is 3.81. The van der Waals surface area contributed by atoms with Gasteiger partial charge in [-0.15, -0.1) is 0 Å². The van der Waals surface area contributed by atoms with Crippen molar-refractivity contribution >= 4 is 0 Å². The number of hydrogen-bond acceptors (Lipinski definition) is 2. The Morgan fingerprint density at radius 2 is 2.08 bits per heavy atom. The Balaban J connectivity index is 3.07. The lowest BCUT2D eigenvalue weighted by Gasteiger charge is -2.06. The van der Waals surface area contributed by atoms with Crippen molar-refractivity contribution in [3.63, 3.8) is 0 Å². The Morgan fingerprint density at radius 3 is 2.46 bits per heavy atom. The first kappa shape index (κ1) is 10.1. The van der Waals surface area contributed by atoms with E-state index in [2.05, 4.69) is 25.8 Å². The van der Waals surface area contributed by atoms with E-state index >= 15 is 0 Å². The maximum Gasteiger partial charge on any atom is 0.145 e. The molecule has 3 heteroatoms. The Morgan fingerprint density at radius 1 is 1.46 bits per heavy atom. The van der Waals surface area contributed by atoms with Gasteiger partial charge in [-0.05, 0) is 19.3 Å². The Labute approximate surface area is 79.4 Å². The molecule has 1 aromatic rings. The lowest BCUT2D eigenvalue weighted by Crippen LogP contribution is -2.04. The average molecular weight is 182 g/mol. The maximum absolute atomic E-state index is 9.77. The Bertz CT molecular complexity index is 289. The fourth-order valence-electron chi connectivity index (χ4n) is 1.64. The van der Waals surface area contributed by atoms with Gasteiger partial charge in [-0.25, -0.2) is 4.98 Å². The summed E-state index contributed by atoms with van der Waals surface area (Å²) in [5.41, 5.74) is 1.88. The zero-order valence-corrected chi connectivity index (χ0v) is 8.83. The molecule has 0 aliphatic heterocycles. The van der Waals surface area contributed by atoms with Crippen LogP contribution in [0.2, 0.25) is 0 Å². The summed E-state index contributed by atoms with van der Waals surface area (Å²) in [5.74, 6) is 1.10. The van der Waals surface area contributed by atoms with Crippen LogP contribution in [-0.4, -0.2) is 14.9 Å². The molecule has 0 radical (unpaired) electrons. The lowest BCUT2D eigenvalue weighted by atomic mass is 10.1. The Hall–Kier alpha value is -0.990. The van der Waals surface area contributed by atoms with Gasteiger partial charge in [0.25, 0.3) is 0 Å². The Kier molecular flexibility index (Phi) is 2.96. The van der Waals surface area contributed by atoms with Crippen LogP contribution in [0.25, 0.3) is 0 Å². The number of aryl methyl sites for hydroxylation is 2. The minimum Gasteiger partial charge on any atom is -0.427 e. The van der Waals surface area contributed by atoms with Crippen LogP contribution in [0.3, 0.4) is 0 Å². The van der Waals surface area contributed by atoms with Gasteiger partial charge in [0.1, 0.15) is 5.82 Å². The van der Waals surface area contributed by atoms with Gasteiger partial charge in [-0.1, -0.05) is 20.8 Å². The molecular weight excluding hydrogens is 164 g/mol. The second-order valence-electron chi connectivity index (χ2n) is 3.72. The summed E-state index contributed by atoms with van der Waals surface area (Å²) in [6.45, 7) is 8.15. The summed E-state index contributed by atoms with van der Waals surface area (Å²) in [4.78, 5) is 4.33. The molecule has 1 aromatic heterocycles. The van der Waals surface area contributed by atoms with Crippen LogP contribution in [0.1, 0.15) is 50.3 Å². The van der Waals surface area contributed by atoms with E-state index in [-0.39, 0.29) is 0 Å². The number of rotatable bonds is 3. The molecule has 1 rings (SSSR count). The number of imidazole rings is 1. The second-order valence-corrected chi connectivity index (χ2v) is 3.72. The van der Waals surface area contributed by atoms with Crippen LogP contribution in [0.5, 0.6) is 0 Å². The van der Waals surface area contributed by atoms with E-state index < -0.39 is 0 Å². The third-order valence-corrected chi connectivity index (χ3v) is 2.16. The molecule has 0 fully saturated rings. The van der Waals surface area contributed by atoms with Crippen LogP contribution < -0.4 is 0 Å². The van der Waals surface area contributed by atoms with Crippen molar-refractivity contribution in [3.8, 4) is 0 Å². The first-order valence-electron chi connectivity index (χ1n) is 4.85. The molecule has 0 saturated carbocycles. The summed E-state index contributed by atoms with van der Waals surface area (Å²) in [6, 6.07) is 0. The maximum atomic E-state index is 9.77. The highest BCUT2D eigenvalue weighted by atomic mass is 16.5. The molecule has 0 bridgehead atoms. The highest BCUT2D eigenvalue weighted by molar-refractivity contribution is 5.17. The molecule has 0 aliphatic rings. The fraction of sp³-hybridized carbons (Fsp3) is 0.700. The monoisotopic (exact) mass is 182 g/mol. The lowest BCUT2D eigenvalue weighted by molar-refractivity contribution is 0.164. The average Bonchev–Trinajstić information content (AvgIpc) is 2.28. The molecule has 0 aliphatic carbocycles. The molecular formula is C10H18N2O. The van der Waals surface area contributed by atoms with E-state index in [1.54, 1.807) is 0 Å². The van der Waals surface area contributed by atoms with E-state index in [0.717, 1.165) is 30.1 Å². The highest BCUT2D eigenvalue weighted by Gasteiger charge is 2.15. The van der Waals surface area contributed by atoms with Gasteiger partial charge in [0.2, 0.25) is 0 Å². The number of hydrogen-bond donors (Lipinski definition) is 1. The van der Waals surface area contributed by atoms with Crippen LogP contribution in [0, 0.1) is 6.92 Å². The summed E-state index contributed by atoms with van der Waals surface area (Å²) < 4.78 is 1.25. The van der Waals surface area contributed by atoms with Crippen molar-refractivity contribution in [2.45, 2.75) is 46.5 Å². The van der Waals surface area contributed by atoms with Crippen LogP contribution in [0.15, 0.2) is 0 Å². The van der Waals surface area contributed by atoms with Gasteiger partial charge < -0.3 is 5.21 Å². The van der Waals surface area contributed by atoms with Gasteiger partial charge in [0.05, 0.1) is 11.4 Å².